The fourth-order valence-electron chi connectivity index (χ4n) is 2.44. The Kier molecular flexibility index (Phi) is 3.97. The van der Waals surface area contributed by atoms with Gasteiger partial charge in [0.2, 0.25) is 5.95 Å². The quantitative estimate of drug-likeness (QED) is 0.852. The van der Waals surface area contributed by atoms with Gasteiger partial charge < -0.3 is 14.6 Å². The minimum Gasteiger partial charge on any atom is -0.467 e. The number of aromatic nitrogens is 2. The van der Waals surface area contributed by atoms with Gasteiger partial charge in [0, 0.05) is 7.05 Å². The number of aryl methyl sites for hydroxylation is 1. The predicted octanol–water partition coefficient (Wildman–Crippen LogP) is 2.72. The van der Waals surface area contributed by atoms with Crippen molar-refractivity contribution >= 4 is 23.0 Å². The summed E-state index contributed by atoms with van der Waals surface area (Å²) in [6, 6.07) is 7.88. The zero-order valence-electron chi connectivity index (χ0n) is 12.4. The highest BCUT2D eigenvalue weighted by Crippen LogP contribution is 2.24. The Labute approximate surface area is 118 Å². The van der Waals surface area contributed by atoms with E-state index in [9.17, 15) is 4.79 Å². The first-order valence-electron chi connectivity index (χ1n) is 6.80. The fraction of sp³-hybridized carbons (Fsp3) is 0.467. The van der Waals surface area contributed by atoms with Gasteiger partial charge >= 0.3 is 5.97 Å². The number of anilines is 1. The third-order valence-corrected chi connectivity index (χ3v) is 3.56. The summed E-state index contributed by atoms with van der Waals surface area (Å²) in [4.78, 5) is 16.6. The number of carbonyl (C=O) groups excluding carboxylic acids is 1. The van der Waals surface area contributed by atoms with E-state index >= 15 is 0 Å². The molecule has 5 heteroatoms. The number of hydrogen-bond acceptors (Lipinski definition) is 4. The first kappa shape index (κ1) is 14.4. The van der Waals surface area contributed by atoms with Gasteiger partial charge in [-0.05, 0) is 25.5 Å². The first-order chi connectivity index (χ1) is 9.51. The molecule has 1 atom stereocenters. The molecule has 0 saturated carbocycles. The number of carbonyl (C=O) groups is 1. The van der Waals surface area contributed by atoms with Crippen molar-refractivity contribution < 1.29 is 9.53 Å². The van der Waals surface area contributed by atoms with Gasteiger partial charge in [-0.25, -0.2) is 9.78 Å². The van der Waals surface area contributed by atoms with Crippen molar-refractivity contribution in [3.8, 4) is 0 Å². The zero-order chi connectivity index (χ0) is 14.8. The molecule has 5 nitrogen and oxygen atoms in total. The van der Waals surface area contributed by atoms with Gasteiger partial charge in [-0.3, -0.25) is 0 Å². The first-order valence-corrected chi connectivity index (χ1v) is 6.80. The molecule has 2 rings (SSSR count). The van der Waals surface area contributed by atoms with Gasteiger partial charge in [0.25, 0.3) is 0 Å². The second kappa shape index (κ2) is 5.53. The molecule has 0 radical (unpaired) electrons. The Hall–Kier alpha value is -2.04. The summed E-state index contributed by atoms with van der Waals surface area (Å²) in [5, 5.41) is 3.24. The number of benzene rings is 1. The van der Waals surface area contributed by atoms with Crippen LogP contribution in [0.5, 0.6) is 0 Å². The lowest BCUT2D eigenvalue weighted by molar-refractivity contribution is -0.145. The highest BCUT2D eigenvalue weighted by atomic mass is 16.5. The molecule has 108 valence electrons. The zero-order valence-corrected chi connectivity index (χ0v) is 12.4. The molecule has 0 aliphatic carbocycles. The Morgan fingerprint density at radius 1 is 1.45 bits per heavy atom. The smallest absolute Gasteiger partial charge is 0.331 e. The minimum atomic E-state index is -0.765. The van der Waals surface area contributed by atoms with Crippen LogP contribution in [0.4, 0.5) is 5.95 Å². The largest absolute Gasteiger partial charge is 0.467 e. The van der Waals surface area contributed by atoms with Crippen LogP contribution in [0.15, 0.2) is 24.3 Å². The molecule has 0 fully saturated rings. The molecule has 1 N–H and O–H groups in total. The second-order valence-corrected chi connectivity index (χ2v) is 5.18. The second-order valence-electron chi connectivity index (χ2n) is 5.18. The Bertz CT molecular complexity index is 621. The number of imidazole rings is 1. The highest BCUT2D eigenvalue weighted by molar-refractivity contribution is 5.85. The molecule has 20 heavy (non-hydrogen) atoms. The Morgan fingerprint density at radius 2 is 2.15 bits per heavy atom. The molecule has 0 saturated heterocycles. The van der Waals surface area contributed by atoms with Crippen molar-refractivity contribution in [3.05, 3.63) is 24.3 Å². The van der Waals surface area contributed by atoms with Gasteiger partial charge in [0.15, 0.2) is 0 Å². The fourth-order valence-corrected chi connectivity index (χ4v) is 2.44. The van der Waals surface area contributed by atoms with Crippen LogP contribution in [0, 0.1) is 0 Å². The third-order valence-electron chi connectivity index (χ3n) is 3.56. The summed E-state index contributed by atoms with van der Waals surface area (Å²) in [6.07, 6.45) is 1.56. The van der Waals surface area contributed by atoms with Crippen LogP contribution in [0.25, 0.3) is 11.0 Å². The maximum atomic E-state index is 12.0. The van der Waals surface area contributed by atoms with Gasteiger partial charge in [-0.15, -0.1) is 0 Å². The van der Waals surface area contributed by atoms with Crippen molar-refractivity contribution in [1.82, 2.24) is 9.55 Å². The SMILES string of the molecule is CCCC(C)(Nc1nc2ccccc2n1C)C(=O)OC. The highest BCUT2D eigenvalue weighted by Gasteiger charge is 2.34. The Balaban J connectivity index is 2.38. The van der Waals surface area contributed by atoms with Crippen LogP contribution in [-0.2, 0) is 16.6 Å². The topological polar surface area (TPSA) is 56.2 Å². The van der Waals surface area contributed by atoms with Crippen molar-refractivity contribution in [2.45, 2.75) is 32.2 Å². The molecule has 1 heterocycles. The Morgan fingerprint density at radius 3 is 2.75 bits per heavy atom. The average molecular weight is 275 g/mol. The maximum absolute atomic E-state index is 12.0. The average Bonchev–Trinajstić information content (AvgIpc) is 2.75. The number of fused-ring (bicyclic) bond motifs is 1. The van der Waals surface area contributed by atoms with E-state index < -0.39 is 5.54 Å². The van der Waals surface area contributed by atoms with Crippen LogP contribution in [-0.4, -0.2) is 28.2 Å². The molecule has 1 aromatic heterocycles. The minimum absolute atomic E-state index is 0.272. The molecule has 0 bridgehead atoms. The van der Waals surface area contributed by atoms with Crippen LogP contribution < -0.4 is 5.32 Å². The number of rotatable bonds is 5. The number of nitrogens with zero attached hydrogens (tertiary/aromatic N) is 2. The molecule has 1 aromatic carbocycles. The van der Waals surface area contributed by atoms with E-state index in [2.05, 4.69) is 10.3 Å². The van der Waals surface area contributed by atoms with Gasteiger partial charge in [-0.2, -0.15) is 0 Å². The lowest BCUT2D eigenvalue weighted by Crippen LogP contribution is -2.44. The van der Waals surface area contributed by atoms with E-state index in [4.69, 9.17) is 4.74 Å². The number of ether oxygens (including phenoxy) is 1. The van der Waals surface area contributed by atoms with Gasteiger partial charge in [0.05, 0.1) is 18.1 Å². The number of para-hydroxylation sites is 2. The molecular formula is C15H21N3O2. The van der Waals surface area contributed by atoms with E-state index in [1.165, 1.54) is 7.11 Å². The molecule has 0 aliphatic heterocycles. The summed E-state index contributed by atoms with van der Waals surface area (Å²) < 4.78 is 6.87. The number of nitrogens with one attached hydrogen (secondary N) is 1. The lowest BCUT2D eigenvalue weighted by Gasteiger charge is -2.27. The number of methoxy groups -OCH3 is 1. The van der Waals surface area contributed by atoms with E-state index in [1.54, 1.807) is 0 Å². The maximum Gasteiger partial charge on any atom is 0.331 e. The van der Waals surface area contributed by atoms with E-state index in [1.807, 2.05) is 49.7 Å². The molecule has 0 amide bonds. The van der Waals surface area contributed by atoms with Crippen LogP contribution >= 0.6 is 0 Å². The predicted molar refractivity (Wildman–Crippen MR) is 79.7 cm³/mol. The van der Waals surface area contributed by atoms with Gasteiger partial charge in [-0.1, -0.05) is 25.5 Å². The molecule has 0 spiro atoms. The van der Waals surface area contributed by atoms with Crippen molar-refractivity contribution in [2.24, 2.45) is 7.05 Å². The molecule has 0 aliphatic rings. The molecule has 2 aromatic rings. The summed E-state index contributed by atoms with van der Waals surface area (Å²) in [5.41, 5.74) is 1.17. The molecular weight excluding hydrogens is 254 g/mol. The van der Waals surface area contributed by atoms with Crippen molar-refractivity contribution in [1.29, 1.82) is 0 Å². The van der Waals surface area contributed by atoms with Crippen LogP contribution in [0.1, 0.15) is 26.7 Å². The number of esters is 1. The van der Waals surface area contributed by atoms with Crippen LogP contribution in [0.3, 0.4) is 0 Å². The van der Waals surface area contributed by atoms with Gasteiger partial charge in [0.1, 0.15) is 5.54 Å². The summed E-state index contributed by atoms with van der Waals surface area (Å²) >= 11 is 0. The summed E-state index contributed by atoms with van der Waals surface area (Å²) in [6.45, 7) is 3.89. The molecule has 1 unspecified atom stereocenters. The summed E-state index contributed by atoms with van der Waals surface area (Å²) in [5.74, 6) is 0.402. The van der Waals surface area contributed by atoms with Crippen LogP contribution in [0.2, 0.25) is 0 Å². The van der Waals surface area contributed by atoms with E-state index in [-0.39, 0.29) is 5.97 Å². The lowest BCUT2D eigenvalue weighted by atomic mass is 9.96. The van der Waals surface area contributed by atoms with E-state index in [0.717, 1.165) is 17.5 Å². The van der Waals surface area contributed by atoms with Crippen molar-refractivity contribution in [2.75, 3.05) is 12.4 Å². The normalized spacial score (nSPS) is 14.0. The monoisotopic (exact) mass is 275 g/mol. The standard InChI is InChI=1S/C15H21N3O2/c1-5-10-15(2,13(19)20-4)17-14-16-11-8-6-7-9-12(11)18(14)3/h6-9H,5,10H2,1-4H3,(H,16,17). The summed E-state index contributed by atoms with van der Waals surface area (Å²) in [7, 11) is 3.34. The third kappa shape index (κ3) is 2.48. The van der Waals surface area contributed by atoms with E-state index in [0.29, 0.717) is 12.4 Å². The van der Waals surface area contributed by atoms with Crippen molar-refractivity contribution in [3.63, 3.8) is 0 Å². The number of hydrogen-bond donors (Lipinski definition) is 1.